The predicted octanol–water partition coefficient (Wildman–Crippen LogP) is 4.16. The van der Waals surface area contributed by atoms with Gasteiger partial charge >= 0.3 is 6.09 Å². The van der Waals surface area contributed by atoms with Crippen LogP contribution in [0.3, 0.4) is 0 Å². The molecule has 2 aromatic rings. The van der Waals surface area contributed by atoms with Crippen molar-refractivity contribution in [3.63, 3.8) is 0 Å². The largest absolute Gasteiger partial charge is 0.453 e. The molecule has 1 unspecified atom stereocenters. The predicted molar refractivity (Wildman–Crippen MR) is 100 cm³/mol. The van der Waals surface area contributed by atoms with E-state index < -0.39 is 11.6 Å². The number of nitrogens with one attached hydrogen (secondary N) is 1. The summed E-state index contributed by atoms with van der Waals surface area (Å²) in [5.41, 5.74) is 5.66. The van der Waals surface area contributed by atoms with Gasteiger partial charge in [-0.15, -0.1) is 10.2 Å². The highest BCUT2D eigenvalue weighted by Crippen LogP contribution is 2.38. The van der Waals surface area contributed by atoms with Gasteiger partial charge in [0.25, 0.3) is 0 Å². The minimum absolute atomic E-state index is 0.379. The zero-order valence-corrected chi connectivity index (χ0v) is 15.4. The van der Waals surface area contributed by atoms with Crippen molar-refractivity contribution in [1.29, 1.82) is 0 Å². The Bertz CT molecular complexity index is 891. The zero-order chi connectivity index (χ0) is 18.7. The summed E-state index contributed by atoms with van der Waals surface area (Å²) >= 11 is 0. The van der Waals surface area contributed by atoms with Crippen LogP contribution in [0, 0.1) is 20.8 Å². The minimum atomic E-state index is -0.745. The number of aryl methyl sites for hydroxylation is 3. The molecule has 1 atom stereocenters. The van der Waals surface area contributed by atoms with Crippen molar-refractivity contribution in [2.24, 2.45) is 15.4 Å². The highest BCUT2D eigenvalue weighted by Gasteiger charge is 2.37. The quantitative estimate of drug-likeness (QED) is 0.899. The molecular weight excluding hydrogens is 328 g/mol. The molecule has 0 aliphatic carbocycles. The van der Waals surface area contributed by atoms with Crippen molar-refractivity contribution in [1.82, 2.24) is 5.32 Å². The van der Waals surface area contributed by atoms with E-state index in [0.717, 1.165) is 27.8 Å². The summed E-state index contributed by atoms with van der Waals surface area (Å²) < 4.78 is 4.65. The molecule has 0 spiro atoms. The van der Waals surface area contributed by atoms with E-state index in [9.17, 15) is 4.79 Å². The van der Waals surface area contributed by atoms with Gasteiger partial charge in [-0.1, -0.05) is 42.0 Å². The second-order valence-corrected chi connectivity index (χ2v) is 6.51. The van der Waals surface area contributed by atoms with Crippen LogP contribution in [-0.2, 0) is 16.8 Å². The third-order valence-electron chi connectivity index (χ3n) is 4.69. The Hall–Kier alpha value is -3.02. The Balaban J connectivity index is 2.05. The maximum absolute atomic E-state index is 11.4. The lowest BCUT2D eigenvalue weighted by atomic mass is 9.81. The summed E-state index contributed by atoms with van der Waals surface area (Å²) in [5, 5.41) is 15.1. The lowest BCUT2D eigenvalue weighted by Crippen LogP contribution is -2.27. The molecule has 1 heterocycles. The van der Waals surface area contributed by atoms with Gasteiger partial charge in [0, 0.05) is 6.54 Å². The summed E-state index contributed by atoms with van der Waals surface area (Å²) in [4.78, 5) is 11.4. The number of carbonyl (C=O) groups is 1. The second-order valence-electron chi connectivity index (χ2n) is 6.51. The lowest BCUT2D eigenvalue weighted by Gasteiger charge is -2.25. The van der Waals surface area contributed by atoms with Gasteiger partial charge in [-0.25, -0.2) is 4.79 Å². The number of nitrogens with zero attached hydrogens (tertiary/aromatic N) is 3. The molecule has 134 valence electrons. The maximum atomic E-state index is 11.4. The SMILES string of the molecule is COC(=O)NCc1cc(C2(c3ccc(C)cc3C)C=NN=N2)ccc1C. The molecule has 0 saturated heterocycles. The molecule has 1 amide bonds. The van der Waals surface area contributed by atoms with Gasteiger partial charge in [0.2, 0.25) is 0 Å². The number of methoxy groups -OCH3 is 1. The van der Waals surface area contributed by atoms with Crippen LogP contribution in [-0.4, -0.2) is 19.4 Å². The van der Waals surface area contributed by atoms with Gasteiger partial charge in [0.1, 0.15) is 0 Å². The molecular formula is C20H22N4O2. The van der Waals surface area contributed by atoms with Gasteiger partial charge < -0.3 is 10.1 Å². The molecule has 0 saturated carbocycles. The normalized spacial score (nSPS) is 18.2. The number of alkyl carbamates (subject to hydrolysis) is 1. The molecule has 6 heteroatoms. The molecule has 1 aliphatic rings. The van der Waals surface area contributed by atoms with Crippen LogP contribution in [0.25, 0.3) is 0 Å². The molecule has 3 rings (SSSR count). The van der Waals surface area contributed by atoms with E-state index in [-0.39, 0.29) is 0 Å². The topological polar surface area (TPSA) is 75.4 Å². The van der Waals surface area contributed by atoms with Crippen LogP contribution in [0.5, 0.6) is 0 Å². The third-order valence-corrected chi connectivity index (χ3v) is 4.69. The molecule has 2 aromatic carbocycles. The Morgan fingerprint density at radius 2 is 1.92 bits per heavy atom. The van der Waals surface area contributed by atoms with E-state index in [0.29, 0.717) is 6.54 Å². The van der Waals surface area contributed by atoms with Crippen LogP contribution < -0.4 is 5.32 Å². The van der Waals surface area contributed by atoms with E-state index in [1.54, 1.807) is 6.21 Å². The lowest BCUT2D eigenvalue weighted by molar-refractivity contribution is 0.170. The van der Waals surface area contributed by atoms with Crippen LogP contribution >= 0.6 is 0 Å². The van der Waals surface area contributed by atoms with E-state index in [4.69, 9.17) is 0 Å². The Kier molecular flexibility index (Phi) is 4.84. The number of benzene rings is 2. The number of hydrogen-bond donors (Lipinski definition) is 1. The molecule has 0 radical (unpaired) electrons. The van der Waals surface area contributed by atoms with E-state index in [1.165, 1.54) is 12.7 Å². The first-order valence-corrected chi connectivity index (χ1v) is 8.42. The van der Waals surface area contributed by atoms with Crippen molar-refractivity contribution in [2.45, 2.75) is 32.9 Å². The smallest absolute Gasteiger partial charge is 0.407 e. The summed E-state index contributed by atoms with van der Waals surface area (Å²) in [5.74, 6) is 0. The first-order valence-electron chi connectivity index (χ1n) is 8.42. The van der Waals surface area contributed by atoms with Gasteiger partial charge in [-0.05, 0) is 53.8 Å². The second kappa shape index (κ2) is 7.07. The van der Waals surface area contributed by atoms with Gasteiger partial charge in [-0.3, -0.25) is 0 Å². The maximum Gasteiger partial charge on any atom is 0.407 e. The standard InChI is InChI=1S/C20H22N4O2/c1-13-5-8-18(15(3)9-13)20(12-22-24-23-20)17-7-6-14(2)16(10-17)11-21-19(25)26-4/h5-10,12H,11H2,1-4H3,(H,21,25). The molecule has 1 N–H and O–H groups in total. The number of ether oxygens (including phenoxy) is 1. The van der Waals surface area contributed by atoms with Crippen molar-refractivity contribution in [2.75, 3.05) is 7.11 Å². The van der Waals surface area contributed by atoms with Crippen LogP contribution in [0.15, 0.2) is 51.8 Å². The minimum Gasteiger partial charge on any atom is -0.453 e. The van der Waals surface area contributed by atoms with Crippen molar-refractivity contribution in [3.05, 3.63) is 69.8 Å². The Morgan fingerprint density at radius 1 is 1.12 bits per heavy atom. The summed E-state index contributed by atoms with van der Waals surface area (Å²) in [6.07, 6.45) is 1.31. The summed E-state index contributed by atoms with van der Waals surface area (Å²) in [6.45, 7) is 6.52. The van der Waals surface area contributed by atoms with Gasteiger partial charge in [-0.2, -0.15) is 0 Å². The summed E-state index contributed by atoms with van der Waals surface area (Å²) in [7, 11) is 1.35. The molecule has 0 bridgehead atoms. The monoisotopic (exact) mass is 350 g/mol. The average Bonchev–Trinajstić information content (AvgIpc) is 3.11. The fraction of sp³-hybridized carbons (Fsp3) is 0.300. The number of rotatable bonds is 4. The summed E-state index contributed by atoms with van der Waals surface area (Å²) in [6, 6.07) is 12.4. The average molecular weight is 350 g/mol. The van der Waals surface area contributed by atoms with Crippen molar-refractivity contribution < 1.29 is 9.53 Å². The third kappa shape index (κ3) is 3.22. The van der Waals surface area contributed by atoms with Gasteiger partial charge in [0.05, 0.1) is 13.3 Å². The van der Waals surface area contributed by atoms with Crippen LogP contribution in [0.4, 0.5) is 4.79 Å². The highest BCUT2D eigenvalue weighted by molar-refractivity contribution is 5.80. The molecule has 26 heavy (non-hydrogen) atoms. The molecule has 1 aliphatic heterocycles. The number of hydrogen-bond acceptors (Lipinski definition) is 5. The number of amides is 1. The van der Waals surface area contributed by atoms with E-state index in [1.807, 2.05) is 25.1 Å². The first-order chi connectivity index (χ1) is 12.5. The van der Waals surface area contributed by atoms with E-state index in [2.05, 4.69) is 57.5 Å². The molecule has 6 nitrogen and oxygen atoms in total. The van der Waals surface area contributed by atoms with Crippen molar-refractivity contribution >= 4 is 12.3 Å². The molecule has 0 aromatic heterocycles. The number of carbonyl (C=O) groups excluding carboxylic acids is 1. The highest BCUT2D eigenvalue weighted by atomic mass is 16.5. The zero-order valence-electron chi connectivity index (χ0n) is 15.4. The molecule has 0 fully saturated rings. The van der Waals surface area contributed by atoms with Gasteiger partial charge in [0.15, 0.2) is 5.54 Å². The first kappa shape index (κ1) is 17.8. The van der Waals surface area contributed by atoms with Crippen LogP contribution in [0.2, 0.25) is 0 Å². The fourth-order valence-electron chi connectivity index (χ4n) is 3.22. The Morgan fingerprint density at radius 3 is 2.58 bits per heavy atom. The van der Waals surface area contributed by atoms with E-state index >= 15 is 0 Å². The van der Waals surface area contributed by atoms with Crippen LogP contribution in [0.1, 0.15) is 33.4 Å². The fourth-order valence-corrected chi connectivity index (χ4v) is 3.22. The van der Waals surface area contributed by atoms with Crippen molar-refractivity contribution in [3.8, 4) is 0 Å². The Labute approximate surface area is 153 Å².